The summed E-state index contributed by atoms with van der Waals surface area (Å²) in [6.45, 7) is 6.10. The second-order valence-corrected chi connectivity index (χ2v) is 6.10. The maximum atomic E-state index is 11.8. The average Bonchev–Trinajstić information content (AvgIpc) is 2.33. The SMILES string of the molecule is COc1cc(CNC(=O)C(C)(C)C)cc(Br)c1OC. The number of rotatable bonds is 4. The number of hydrogen-bond acceptors (Lipinski definition) is 3. The van der Waals surface area contributed by atoms with Crippen molar-refractivity contribution in [1.82, 2.24) is 5.32 Å². The van der Waals surface area contributed by atoms with Gasteiger partial charge >= 0.3 is 0 Å². The first kappa shape index (κ1) is 15.8. The monoisotopic (exact) mass is 329 g/mol. The van der Waals surface area contributed by atoms with E-state index in [2.05, 4.69) is 21.2 Å². The molecule has 1 N–H and O–H groups in total. The number of ether oxygens (including phenoxy) is 2. The van der Waals surface area contributed by atoms with Crippen molar-refractivity contribution in [2.24, 2.45) is 5.41 Å². The van der Waals surface area contributed by atoms with Gasteiger partial charge in [-0.15, -0.1) is 0 Å². The Balaban J connectivity index is 2.86. The van der Waals surface area contributed by atoms with E-state index >= 15 is 0 Å². The average molecular weight is 330 g/mol. The highest BCUT2D eigenvalue weighted by atomic mass is 79.9. The van der Waals surface area contributed by atoms with Gasteiger partial charge in [0.15, 0.2) is 11.5 Å². The van der Waals surface area contributed by atoms with Crippen LogP contribution in [0.5, 0.6) is 11.5 Å². The number of carbonyl (C=O) groups is 1. The maximum Gasteiger partial charge on any atom is 0.225 e. The summed E-state index contributed by atoms with van der Waals surface area (Å²) in [5.74, 6) is 1.30. The minimum Gasteiger partial charge on any atom is -0.493 e. The molecule has 19 heavy (non-hydrogen) atoms. The molecule has 0 heterocycles. The van der Waals surface area contributed by atoms with Crippen molar-refractivity contribution in [3.05, 3.63) is 22.2 Å². The Bertz CT molecular complexity index is 466. The lowest BCUT2D eigenvalue weighted by atomic mass is 9.95. The molecule has 0 saturated carbocycles. The Morgan fingerprint density at radius 1 is 1.26 bits per heavy atom. The number of benzene rings is 1. The third kappa shape index (κ3) is 4.13. The van der Waals surface area contributed by atoms with Crippen LogP contribution < -0.4 is 14.8 Å². The van der Waals surface area contributed by atoms with E-state index in [0.29, 0.717) is 18.0 Å². The van der Waals surface area contributed by atoms with E-state index in [9.17, 15) is 4.79 Å². The van der Waals surface area contributed by atoms with E-state index in [0.717, 1.165) is 10.0 Å². The minimum atomic E-state index is -0.395. The molecule has 1 aromatic rings. The highest BCUT2D eigenvalue weighted by Gasteiger charge is 2.20. The van der Waals surface area contributed by atoms with Gasteiger partial charge in [0.05, 0.1) is 18.7 Å². The van der Waals surface area contributed by atoms with E-state index in [1.54, 1.807) is 14.2 Å². The summed E-state index contributed by atoms with van der Waals surface area (Å²) < 4.78 is 11.3. The fourth-order valence-electron chi connectivity index (χ4n) is 1.52. The predicted molar refractivity (Wildman–Crippen MR) is 78.5 cm³/mol. The highest BCUT2D eigenvalue weighted by Crippen LogP contribution is 2.36. The minimum absolute atomic E-state index is 0.0124. The Kier molecular flexibility index (Phi) is 5.23. The first-order chi connectivity index (χ1) is 8.79. The summed E-state index contributed by atoms with van der Waals surface area (Å²) >= 11 is 3.43. The van der Waals surface area contributed by atoms with Crippen molar-refractivity contribution in [1.29, 1.82) is 0 Å². The van der Waals surface area contributed by atoms with Crippen LogP contribution in [-0.4, -0.2) is 20.1 Å². The van der Waals surface area contributed by atoms with Crippen LogP contribution in [0, 0.1) is 5.41 Å². The Hall–Kier alpha value is -1.23. The Morgan fingerprint density at radius 3 is 2.37 bits per heavy atom. The van der Waals surface area contributed by atoms with Crippen LogP contribution in [0.3, 0.4) is 0 Å². The molecule has 0 aliphatic heterocycles. The van der Waals surface area contributed by atoms with E-state index in [4.69, 9.17) is 9.47 Å². The van der Waals surface area contributed by atoms with Crippen LogP contribution in [0.15, 0.2) is 16.6 Å². The van der Waals surface area contributed by atoms with Gasteiger partial charge in [-0.1, -0.05) is 20.8 Å². The van der Waals surface area contributed by atoms with E-state index in [1.807, 2.05) is 32.9 Å². The molecule has 0 bridgehead atoms. The lowest BCUT2D eigenvalue weighted by molar-refractivity contribution is -0.128. The van der Waals surface area contributed by atoms with E-state index < -0.39 is 5.41 Å². The molecule has 0 saturated heterocycles. The van der Waals surface area contributed by atoms with Crippen molar-refractivity contribution in [3.63, 3.8) is 0 Å². The molecule has 106 valence electrons. The van der Waals surface area contributed by atoms with Crippen molar-refractivity contribution in [2.45, 2.75) is 27.3 Å². The van der Waals surface area contributed by atoms with E-state index in [-0.39, 0.29) is 5.91 Å². The summed E-state index contributed by atoms with van der Waals surface area (Å²) in [5.41, 5.74) is 0.551. The second kappa shape index (κ2) is 6.28. The quantitative estimate of drug-likeness (QED) is 0.923. The molecule has 0 aliphatic rings. The van der Waals surface area contributed by atoms with Gasteiger partial charge in [0.25, 0.3) is 0 Å². The van der Waals surface area contributed by atoms with Crippen LogP contribution in [0.25, 0.3) is 0 Å². The lowest BCUT2D eigenvalue weighted by Gasteiger charge is -2.18. The van der Waals surface area contributed by atoms with Crippen molar-refractivity contribution in [3.8, 4) is 11.5 Å². The van der Waals surface area contributed by atoms with Gasteiger partial charge in [-0.25, -0.2) is 0 Å². The molecular weight excluding hydrogens is 310 g/mol. The zero-order valence-corrected chi connectivity index (χ0v) is 13.6. The smallest absolute Gasteiger partial charge is 0.225 e. The van der Waals surface area contributed by atoms with Crippen LogP contribution in [0.1, 0.15) is 26.3 Å². The lowest BCUT2D eigenvalue weighted by Crippen LogP contribution is -2.34. The highest BCUT2D eigenvalue weighted by molar-refractivity contribution is 9.10. The first-order valence-corrected chi connectivity index (χ1v) is 6.77. The van der Waals surface area contributed by atoms with Crippen LogP contribution in [0.2, 0.25) is 0 Å². The zero-order chi connectivity index (χ0) is 14.6. The summed E-state index contributed by atoms with van der Waals surface area (Å²) in [6.07, 6.45) is 0. The number of amides is 1. The first-order valence-electron chi connectivity index (χ1n) is 5.98. The molecule has 5 heteroatoms. The number of nitrogens with one attached hydrogen (secondary N) is 1. The normalized spacial score (nSPS) is 11.1. The van der Waals surface area contributed by atoms with Crippen LogP contribution >= 0.6 is 15.9 Å². The van der Waals surface area contributed by atoms with Crippen molar-refractivity contribution < 1.29 is 14.3 Å². The van der Waals surface area contributed by atoms with Crippen LogP contribution in [0.4, 0.5) is 0 Å². The molecule has 1 rings (SSSR count). The van der Waals surface area contributed by atoms with Crippen molar-refractivity contribution in [2.75, 3.05) is 14.2 Å². The molecule has 0 spiro atoms. The largest absolute Gasteiger partial charge is 0.493 e. The van der Waals surface area contributed by atoms with Gasteiger partial charge in [0, 0.05) is 12.0 Å². The third-order valence-electron chi connectivity index (χ3n) is 2.63. The number of hydrogen-bond donors (Lipinski definition) is 1. The standard InChI is InChI=1S/C14H20BrNO3/c1-14(2,3)13(17)16-8-9-6-10(15)12(19-5)11(7-9)18-4/h6-7H,8H2,1-5H3,(H,16,17). The molecular formula is C14H20BrNO3. The number of methoxy groups -OCH3 is 2. The molecule has 0 unspecified atom stereocenters. The van der Waals surface area contributed by atoms with Gasteiger partial charge < -0.3 is 14.8 Å². The Labute approximate surface area is 122 Å². The molecule has 1 amide bonds. The molecule has 0 fully saturated rings. The molecule has 1 aromatic carbocycles. The summed E-state index contributed by atoms with van der Waals surface area (Å²) in [4.78, 5) is 11.8. The molecule has 0 radical (unpaired) electrons. The van der Waals surface area contributed by atoms with Gasteiger partial charge in [-0.05, 0) is 33.6 Å². The van der Waals surface area contributed by atoms with Crippen LogP contribution in [-0.2, 0) is 11.3 Å². The van der Waals surface area contributed by atoms with E-state index in [1.165, 1.54) is 0 Å². The summed E-state index contributed by atoms with van der Waals surface area (Å²) in [7, 11) is 3.17. The Morgan fingerprint density at radius 2 is 1.89 bits per heavy atom. The topological polar surface area (TPSA) is 47.6 Å². The van der Waals surface area contributed by atoms with Gasteiger partial charge in [0.1, 0.15) is 0 Å². The molecule has 0 aromatic heterocycles. The summed E-state index contributed by atoms with van der Waals surface area (Å²) in [6, 6.07) is 3.76. The van der Waals surface area contributed by atoms with Gasteiger partial charge in [-0.2, -0.15) is 0 Å². The van der Waals surface area contributed by atoms with Crippen molar-refractivity contribution >= 4 is 21.8 Å². The molecule has 0 aliphatic carbocycles. The molecule has 4 nitrogen and oxygen atoms in total. The van der Waals surface area contributed by atoms with Gasteiger partial charge in [-0.3, -0.25) is 4.79 Å². The zero-order valence-electron chi connectivity index (χ0n) is 12.0. The third-order valence-corrected chi connectivity index (χ3v) is 3.22. The fourth-order valence-corrected chi connectivity index (χ4v) is 2.17. The predicted octanol–water partition coefficient (Wildman–Crippen LogP) is 3.13. The fraction of sp³-hybridized carbons (Fsp3) is 0.500. The number of carbonyl (C=O) groups excluding carboxylic acids is 1. The maximum absolute atomic E-state index is 11.8. The van der Waals surface area contributed by atoms with Gasteiger partial charge in [0.2, 0.25) is 5.91 Å². The second-order valence-electron chi connectivity index (χ2n) is 5.25. The number of halogens is 1. The molecule has 0 atom stereocenters. The summed E-state index contributed by atoms with van der Waals surface area (Å²) in [5, 5.41) is 2.90.